The van der Waals surface area contributed by atoms with E-state index in [-0.39, 0.29) is 22.0 Å². The largest absolute Gasteiger partial charge is 0.412 e. The third-order valence-corrected chi connectivity index (χ3v) is 5.04. The number of carbonyl (C=O) groups excluding carboxylic acids is 3. The van der Waals surface area contributed by atoms with Crippen LogP contribution in [-0.4, -0.2) is 41.7 Å². The predicted molar refractivity (Wildman–Crippen MR) is 117 cm³/mol. The summed E-state index contributed by atoms with van der Waals surface area (Å²) in [5.41, 5.74) is 0.817. The quantitative estimate of drug-likeness (QED) is 0.382. The molecule has 0 fully saturated rings. The Kier molecular flexibility index (Phi) is 7.18. The number of nitrogens with one attached hydrogen (secondary N) is 4. The lowest BCUT2D eigenvalue weighted by atomic mass is 10.1. The van der Waals surface area contributed by atoms with Crippen LogP contribution in [0.1, 0.15) is 18.6 Å². The zero-order valence-electron chi connectivity index (χ0n) is 17.1. The maximum absolute atomic E-state index is 13.0. The molecule has 12 heteroatoms. The zero-order chi connectivity index (χ0) is 23.3. The van der Waals surface area contributed by atoms with Gasteiger partial charge in [-0.3, -0.25) is 10.1 Å². The average molecular weight is 461 g/mol. The van der Waals surface area contributed by atoms with Gasteiger partial charge in [0.25, 0.3) is 5.91 Å². The summed E-state index contributed by atoms with van der Waals surface area (Å²) in [7, 11) is 1.38. The van der Waals surface area contributed by atoms with Crippen molar-refractivity contribution in [3.05, 3.63) is 47.8 Å². The molecule has 10 nitrogen and oxygen atoms in total. The lowest BCUT2D eigenvalue weighted by molar-refractivity contribution is -0.129. The molecule has 32 heavy (non-hydrogen) atoms. The number of anilines is 2. The highest BCUT2D eigenvalue weighted by Gasteiger charge is 2.22. The van der Waals surface area contributed by atoms with E-state index in [9.17, 15) is 23.9 Å². The van der Waals surface area contributed by atoms with E-state index in [0.29, 0.717) is 16.9 Å². The van der Waals surface area contributed by atoms with Crippen LogP contribution in [0.25, 0.3) is 10.2 Å². The maximum Gasteiger partial charge on any atom is 0.412 e. The van der Waals surface area contributed by atoms with E-state index in [2.05, 4.69) is 26.3 Å². The molecule has 0 bridgehead atoms. The number of thiazole rings is 1. The molecule has 168 valence electrons. The summed E-state index contributed by atoms with van der Waals surface area (Å²) in [5.74, 6) is -1.04. The van der Waals surface area contributed by atoms with Crippen LogP contribution in [0.5, 0.6) is 5.75 Å². The number of aliphatic hydroxyl groups excluding tert-OH is 1. The molecular weight excluding hydrogens is 441 g/mol. The summed E-state index contributed by atoms with van der Waals surface area (Å²) < 4.78 is 18.7. The van der Waals surface area contributed by atoms with Gasteiger partial charge in [-0.05, 0) is 48.9 Å². The monoisotopic (exact) mass is 461 g/mol. The molecule has 1 heterocycles. The number of amides is 4. The molecule has 0 aliphatic rings. The minimum absolute atomic E-state index is 0.00319. The minimum Gasteiger partial charge on any atom is -0.408 e. The number of aliphatic hydroxyl groups is 1. The van der Waals surface area contributed by atoms with E-state index in [1.54, 1.807) is 6.92 Å². The topological polar surface area (TPSA) is 142 Å². The van der Waals surface area contributed by atoms with Crippen LogP contribution in [0.3, 0.4) is 0 Å². The van der Waals surface area contributed by atoms with Crippen LogP contribution in [-0.2, 0) is 4.79 Å². The van der Waals surface area contributed by atoms with Gasteiger partial charge in [0, 0.05) is 19.3 Å². The van der Waals surface area contributed by atoms with Gasteiger partial charge in [0.15, 0.2) is 17.0 Å². The molecule has 4 amide bonds. The third-order valence-electron chi connectivity index (χ3n) is 4.13. The van der Waals surface area contributed by atoms with Crippen molar-refractivity contribution in [2.75, 3.05) is 24.2 Å². The van der Waals surface area contributed by atoms with Crippen molar-refractivity contribution in [1.29, 1.82) is 0 Å². The Morgan fingerprint density at radius 1 is 1.19 bits per heavy atom. The highest BCUT2D eigenvalue weighted by atomic mass is 32.1. The Hall–Kier alpha value is -3.77. The van der Waals surface area contributed by atoms with E-state index in [0.717, 1.165) is 11.3 Å². The molecule has 0 radical (unpaired) electrons. The van der Waals surface area contributed by atoms with Crippen LogP contribution < -0.4 is 26.0 Å². The number of likely N-dealkylation sites (N-methyl/N-ethyl adjacent to an activating group) is 1. The summed E-state index contributed by atoms with van der Waals surface area (Å²) in [6.07, 6.45) is -2.26. The summed E-state index contributed by atoms with van der Waals surface area (Å²) >= 11 is 1.05. The number of ether oxygens (including phenoxy) is 1. The SMILES string of the molecule is CCNC(=O)C(O)c1cc(OC(=O)NC)c2nc(NC(=O)Nc3ccc(F)cc3)sc2c1. The number of urea groups is 1. The number of benzene rings is 2. The van der Waals surface area contributed by atoms with Crippen LogP contribution >= 0.6 is 11.3 Å². The van der Waals surface area contributed by atoms with Crippen LogP contribution in [0.4, 0.5) is 24.8 Å². The first-order valence-corrected chi connectivity index (χ1v) is 10.3. The smallest absolute Gasteiger partial charge is 0.408 e. The van der Waals surface area contributed by atoms with Gasteiger partial charge in [0.05, 0.1) is 4.70 Å². The number of fused-ring (bicyclic) bond motifs is 1. The molecule has 1 atom stereocenters. The van der Waals surface area contributed by atoms with E-state index in [1.165, 1.54) is 43.4 Å². The second kappa shape index (κ2) is 10.0. The first kappa shape index (κ1) is 22.9. The molecule has 3 rings (SSSR count). The second-order valence-corrected chi connectivity index (χ2v) is 7.44. The van der Waals surface area contributed by atoms with E-state index >= 15 is 0 Å². The van der Waals surface area contributed by atoms with Crippen LogP contribution in [0, 0.1) is 5.82 Å². The number of halogens is 1. The number of carbonyl (C=O) groups is 3. The molecule has 0 aliphatic heterocycles. The van der Waals surface area contributed by atoms with E-state index in [4.69, 9.17) is 4.74 Å². The van der Waals surface area contributed by atoms with Gasteiger partial charge >= 0.3 is 12.1 Å². The Balaban J connectivity index is 1.89. The Morgan fingerprint density at radius 3 is 2.56 bits per heavy atom. The summed E-state index contributed by atoms with van der Waals surface area (Å²) in [5, 5.41) is 20.4. The first-order valence-electron chi connectivity index (χ1n) is 9.44. The molecule has 0 spiro atoms. The standard InChI is InChI=1S/C20H20FN5O5S/c1-3-23-17(28)16(27)10-8-13(31-20(30)22-2)15-14(9-10)32-19(25-15)26-18(29)24-12-6-4-11(21)5-7-12/h4-9,16,27H,3H2,1-2H3,(H,22,30)(H,23,28)(H2,24,25,26,29). The lowest BCUT2D eigenvalue weighted by Crippen LogP contribution is -2.29. The molecule has 0 aliphatic carbocycles. The van der Waals surface area contributed by atoms with Crippen molar-refractivity contribution in [2.45, 2.75) is 13.0 Å². The minimum atomic E-state index is -1.49. The van der Waals surface area contributed by atoms with Crippen molar-refractivity contribution >= 4 is 50.4 Å². The Bertz CT molecular complexity index is 1150. The third kappa shape index (κ3) is 5.47. The van der Waals surface area contributed by atoms with Crippen molar-refractivity contribution in [3.63, 3.8) is 0 Å². The van der Waals surface area contributed by atoms with Crippen molar-refractivity contribution in [1.82, 2.24) is 15.6 Å². The van der Waals surface area contributed by atoms with Crippen LogP contribution in [0.15, 0.2) is 36.4 Å². The number of aromatic nitrogens is 1. The molecule has 1 unspecified atom stereocenters. The fourth-order valence-corrected chi connectivity index (χ4v) is 3.60. The molecule has 5 N–H and O–H groups in total. The normalized spacial score (nSPS) is 11.5. The fraction of sp³-hybridized carbons (Fsp3) is 0.200. The Morgan fingerprint density at radius 2 is 1.91 bits per heavy atom. The van der Waals surface area contributed by atoms with Crippen molar-refractivity contribution in [3.8, 4) is 5.75 Å². The Labute approximate surface area is 185 Å². The van der Waals surface area contributed by atoms with Crippen molar-refractivity contribution < 1.29 is 28.6 Å². The van der Waals surface area contributed by atoms with Gasteiger partial charge in [-0.15, -0.1) is 0 Å². The molecule has 1 aromatic heterocycles. The van der Waals surface area contributed by atoms with Crippen molar-refractivity contribution in [2.24, 2.45) is 0 Å². The molecule has 0 saturated carbocycles. The van der Waals surface area contributed by atoms with Gasteiger partial charge < -0.3 is 25.8 Å². The van der Waals surface area contributed by atoms with Gasteiger partial charge in [0.2, 0.25) is 0 Å². The lowest BCUT2D eigenvalue weighted by Gasteiger charge is -2.12. The average Bonchev–Trinajstić information content (AvgIpc) is 3.17. The van der Waals surface area contributed by atoms with E-state index < -0.39 is 30.0 Å². The second-order valence-electron chi connectivity index (χ2n) is 6.41. The molecular formula is C20H20FN5O5S. The zero-order valence-corrected chi connectivity index (χ0v) is 17.9. The molecule has 3 aromatic rings. The highest BCUT2D eigenvalue weighted by Crippen LogP contribution is 2.36. The van der Waals surface area contributed by atoms with Gasteiger partial charge in [-0.2, -0.15) is 0 Å². The fourth-order valence-electron chi connectivity index (χ4n) is 2.67. The number of rotatable bonds is 6. The summed E-state index contributed by atoms with van der Waals surface area (Å²) in [6.45, 7) is 2.05. The predicted octanol–water partition coefficient (Wildman–Crippen LogP) is 2.97. The first-order chi connectivity index (χ1) is 15.3. The van der Waals surface area contributed by atoms with Crippen LogP contribution in [0.2, 0.25) is 0 Å². The summed E-state index contributed by atoms with van der Waals surface area (Å²) in [4.78, 5) is 40.3. The van der Waals surface area contributed by atoms with E-state index in [1.807, 2.05) is 0 Å². The van der Waals surface area contributed by atoms with Gasteiger partial charge in [-0.1, -0.05) is 11.3 Å². The molecule has 2 aromatic carbocycles. The number of hydrogen-bond donors (Lipinski definition) is 5. The molecule has 0 saturated heterocycles. The maximum atomic E-state index is 13.0. The van der Waals surface area contributed by atoms with Gasteiger partial charge in [0.1, 0.15) is 11.3 Å². The number of nitrogens with zero attached hydrogens (tertiary/aromatic N) is 1. The summed E-state index contributed by atoms with van der Waals surface area (Å²) in [6, 6.07) is 7.45. The highest BCUT2D eigenvalue weighted by molar-refractivity contribution is 7.22. The number of hydrogen-bond acceptors (Lipinski definition) is 7. The van der Waals surface area contributed by atoms with Gasteiger partial charge in [-0.25, -0.2) is 19.0 Å².